The van der Waals surface area contributed by atoms with Crippen molar-refractivity contribution in [3.8, 4) is 22.8 Å². The molecule has 0 fully saturated rings. The topological polar surface area (TPSA) is 97.5 Å². The predicted molar refractivity (Wildman–Crippen MR) is 123 cm³/mol. The van der Waals surface area contributed by atoms with Crippen molar-refractivity contribution in [2.45, 2.75) is 25.9 Å². The number of aromatic nitrogens is 2. The van der Waals surface area contributed by atoms with Gasteiger partial charge >= 0.3 is 0 Å². The summed E-state index contributed by atoms with van der Waals surface area (Å²) in [7, 11) is 2.85. The molecular weight excluding hydrogens is 446 g/mol. The zero-order chi connectivity index (χ0) is 24.5. The van der Waals surface area contributed by atoms with Crippen LogP contribution in [0.15, 0.2) is 30.6 Å². The van der Waals surface area contributed by atoms with E-state index in [9.17, 15) is 13.6 Å². The molecule has 0 bridgehead atoms. The molecule has 0 spiro atoms. The molecule has 10 heteroatoms. The van der Waals surface area contributed by atoms with E-state index >= 15 is 0 Å². The fraction of sp³-hybridized carbons (Fsp3) is 0.333. The molecule has 0 saturated carbocycles. The van der Waals surface area contributed by atoms with Crippen molar-refractivity contribution in [2.75, 3.05) is 32.7 Å². The van der Waals surface area contributed by atoms with Crippen molar-refractivity contribution in [1.29, 1.82) is 0 Å². The number of hydrogen-bond donors (Lipinski definition) is 3. The van der Waals surface area contributed by atoms with E-state index in [2.05, 4.69) is 20.6 Å². The number of pyridine rings is 1. The van der Waals surface area contributed by atoms with Crippen molar-refractivity contribution < 1.29 is 27.8 Å². The number of nitrogens with zero attached hydrogens (tertiary/aromatic N) is 1. The number of aromatic amines is 1. The standard InChI is InChI=1S/C24H26F2N4O4/c1-24(2,33-4)12-34-17-11-27-9-7-13(17)20-21(18-15(29-20)8-10-28-23(18)31)30-16-6-5-14(25)19(26)22(16)32-3/h5-7,9,11,29-30H,8,10,12H2,1-4H3,(H,28,31). The number of carbonyl (C=O) groups is 1. The second-order valence-corrected chi connectivity index (χ2v) is 8.43. The molecule has 2 aromatic heterocycles. The molecule has 180 valence electrons. The van der Waals surface area contributed by atoms with Crippen LogP contribution in [0.5, 0.6) is 11.5 Å². The average Bonchev–Trinajstić information content (AvgIpc) is 3.20. The summed E-state index contributed by atoms with van der Waals surface area (Å²) in [4.78, 5) is 20.3. The molecule has 4 rings (SSSR count). The number of amides is 1. The zero-order valence-electron chi connectivity index (χ0n) is 19.3. The molecule has 1 amide bonds. The number of methoxy groups -OCH3 is 2. The summed E-state index contributed by atoms with van der Waals surface area (Å²) in [6.45, 7) is 4.51. The van der Waals surface area contributed by atoms with Crippen LogP contribution in [-0.2, 0) is 11.2 Å². The Morgan fingerprint density at radius 2 is 2.00 bits per heavy atom. The van der Waals surface area contributed by atoms with Crippen LogP contribution in [0.1, 0.15) is 29.9 Å². The fourth-order valence-corrected chi connectivity index (χ4v) is 3.68. The van der Waals surface area contributed by atoms with Crippen LogP contribution in [0.4, 0.5) is 20.2 Å². The van der Waals surface area contributed by atoms with Gasteiger partial charge in [-0.2, -0.15) is 4.39 Å². The van der Waals surface area contributed by atoms with Crippen LogP contribution < -0.4 is 20.1 Å². The lowest BCUT2D eigenvalue weighted by Crippen LogP contribution is -2.31. The van der Waals surface area contributed by atoms with E-state index in [0.29, 0.717) is 46.9 Å². The van der Waals surface area contributed by atoms with Gasteiger partial charge in [-0.05, 0) is 32.0 Å². The third-order valence-corrected chi connectivity index (χ3v) is 5.66. The Morgan fingerprint density at radius 3 is 2.74 bits per heavy atom. The van der Waals surface area contributed by atoms with Crippen LogP contribution in [0, 0.1) is 11.6 Å². The van der Waals surface area contributed by atoms with E-state index in [4.69, 9.17) is 14.2 Å². The number of nitrogens with one attached hydrogen (secondary N) is 3. The molecule has 1 aliphatic heterocycles. The third-order valence-electron chi connectivity index (χ3n) is 5.66. The van der Waals surface area contributed by atoms with Gasteiger partial charge in [0.05, 0.1) is 41.5 Å². The smallest absolute Gasteiger partial charge is 0.255 e. The lowest BCUT2D eigenvalue weighted by molar-refractivity contribution is -0.0146. The van der Waals surface area contributed by atoms with Gasteiger partial charge in [-0.3, -0.25) is 9.78 Å². The molecule has 0 atom stereocenters. The van der Waals surface area contributed by atoms with E-state index in [1.165, 1.54) is 13.2 Å². The minimum absolute atomic E-state index is 0.167. The lowest BCUT2D eigenvalue weighted by Gasteiger charge is -2.23. The van der Waals surface area contributed by atoms with Crippen molar-refractivity contribution in [1.82, 2.24) is 15.3 Å². The maximum atomic E-state index is 14.4. The molecule has 1 aromatic carbocycles. The maximum absolute atomic E-state index is 14.4. The van der Waals surface area contributed by atoms with Gasteiger partial charge in [-0.25, -0.2) is 4.39 Å². The van der Waals surface area contributed by atoms with E-state index in [0.717, 1.165) is 6.07 Å². The molecule has 1 aliphatic rings. The highest BCUT2D eigenvalue weighted by atomic mass is 19.2. The van der Waals surface area contributed by atoms with Gasteiger partial charge < -0.3 is 29.8 Å². The van der Waals surface area contributed by atoms with Crippen molar-refractivity contribution in [2.24, 2.45) is 0 Å². The molecule has 0 unspecified atom stereocenters. The van der Waals surface area contributed by atoms with Crippen LogP contribution in [0.2, 0.25) is 0 Å². The fourth-order valence-electron chi connectivity index (χ4n) is 3.68. The third kappa shape index (κ3) is 4.41. The average molecular weight is 472 g/mol. The Bertz CT molecular complexity index is 1230. The summed E-state index contributed by atoms with van der Waals surface area (Å²) in [5.74, 6) is -2.29. The van der Waals surface area contributed by atoms with Crippen LogP contribution in [-0.4, -0.2) is 48.8 Å². The molecule has 3 N–H and O–H groups in total. The number of H-pyrrole nitrogens is 1. The Balaban J connectivity index is 1.84. The van der Waals surface area contributed by atoms with Crippen molar-refractivity contribution >= 4 is 17.3 Å². The minimum Gasteiger partial charge on any atom is -0.491 e. The second kappa shape index (κ2) is 9.30. The molecule has 3 aromatic rings. The van der Waals surface area contributed by atoms with Gasteiger partial charge in [0.15, 0.2) is 11.6 Å². The van der Waals surface area contributed by atoms with Gasteiger partial charge in [0.25, 0.3) is 5.91 Å². The molecule has 0 aliphatic carbocycles. The normalized spacial score (nSPS) is 13.3. The highest BCUT2D eigenvalue weighted by Crippen LogP contribution is 2.42. The Labute approximate surface area is 195 Å². The first kappa shape index (κ1) is 23.5. The van der Waals surface area contributed by atoms with E-state index in [1.807, 2.05) is 13.8 Å². The van der Waals surface area contributed by atoms with Crippen molar-refractivity contribution in [3.63, 3.8) is 0 Å². The molecule has 8 nitrogen and oxygen atoms in total. The minimum atomic E-state index is -1.13. The summed E-state index contributed by atoms with van der Waals surface area (Å²) in [6.07, 6.45) is 3.75. The van der Waals surface area contributed by atoms with E-state index in [-0.39, 0.29) is 24.0 Å². The maximum Gasteiger partial charge on any atom is 0.255 e. The van der Waals surface area contributed by atoms with Gasteiger partial charge in [0.2, 0.25) is 5.82 Å². The van der Waals surface area contributed by atoms with E-state index in [1.54, 1.807) is 25.6 Å². The van der Waals surface area contributed by atoms with Gasteiger partial charge in [0.1, 0.15) is 12.4 Å². The van der Waals surface area contributed by atoms with Gasteiger partial charge in [-0.1, -0.05) is 0 Å². The molecular formula is C24H26F2N4O4. The van der Waals surface area contributed by atoms with Crippen LogP contribution in [0.25, 0.3) is 11.3 Å². The van der Waals surface area contributed by atoms with Crippen LogP contribution >= 0.6 is 0 Å². The summed E-state index contributed by atoms with van der Waals surface area (Å²) in [5.41, 5.74) is 2.28. The molecule has 0 saturated heterocycles. The predicted octanol–water partition coefficient (Wildman–Crippen LogP) is 4.20. The highest BCUT2D eigenvalue weighted by Gasteiger charge is 2.29. The Kier molecular flexibility index (Phi) is 6.43. The zero-order valence-corrected chi connectivity index (χ0v) is 19.3. The summed E-state index contributed by atoms with van der Waals surface area (Å²) >= 11 is 0. The first-order valence-electron chi connectivity index (χ1n) is 10.7. The second-order valence-electron chi connectivity index (χ2n) is 8.43. The number of benzene rings is 1. The summed E-state index contributed by atoms with van der Waals surface area (Å²) in [6, 6.07) is 4.09. The lowest BCUT2D eigenvalue weighted by atomic mass is 10.0. The number of rotatable bonds is 8. The summed E-state index contributed by atoms with van der Waals surface area (Å²) in [5, 5.41) is 5.90. The first-order chi connectivity index (χ1) is 16.3. The Hall–Kier alpha value is -3.66. The van der Waals surface area contributed by atoms with Gasteiger partial charge in [0, 0.05) is 37.5 Å². The number of hydrogen-bond acceptors (Lipinski definition) is 6. The van der Waals surface area contributed by atoms with Gasteiger partial charge in [-0.15, -0.1) is 0 Å². The SMILES string of the molecule is COc1c(Nc2c(-c3ccncc3OCC(C)(C)OC)[nH]c3c2C(=O)NCC3)ccc(F)c1F. The Morgan fingerprint density at radius 1 is 1.21 bits per heavy atom. The number of ether oxygens (including phenoxy) is 3. The monoisotopic (exact) mass is 472 g/mol. The number of carbonyl (C=O) groups excluding carboxylic acids is 1. The number of fused-ring (bicyclic) bond motifs is 1. The quantitative estimate of drug-likeness (QED) is 0.455. The molecule has 34 heavy (non-hydrogen) atoms. The number of halogens is 2. The largest absolute Gasteiger partial charge is 0.491 e. The first-order valence-corrected chi connectivity index (χ1v) is 10.7. The van der Waals surface area contributed by atoms with Crippen LogP contribution in [0.3, 0.4) is 0 Å². The van der Waals surface area contributed by atoms with E-state index < -0.39 is 17.2 Å². The highest BCUT2D eigenvalue weighted by molar-refractivity contribution is 6.06. The molecule has 3 heterocycles. The summed E-state index contributed by atoms with van der Waals surface area (Å²) < 4.78 is 44.7. The van der Waals surface area contributed by atoms with Crippen molar-refractivity contribution in [3.05, 3.63) is 53.5 Å². The molecule has 0 radical (unpaired) electrons. The number of anilines is 2.